The minimum atomic E-state index is -4.80. The molecular weight excluding hydrogens is 416 g/mol. The Hall–Kier alpha value is -3.69. The number of rotatable bonds is 3. The molecule has 0 unspecified atom stereocenters. The molecule has 2 aromatic heterocycles. The largest absolute Gasteiger partial charge is 0.416 e. The van der Waals surface area contributed by atoms with Crippen LogP contribution >= 0.6 is 0 Å². The molecule has 3 aromatic rings. The molecule has 1 aromatic carbocycles. The Labute approximate surface area is 173 Å². The number of carbonyl (C=O) groups is 2. The predicted molar refractivity (Wildman–Crippen MR) is 101 cm³/mol. The molecule has 0 aliphatic carbocycles. The maximum Gasteiger partial charge on any atom is 0.416 e. The molecule has 1 aliphatic heterocycles. The van der Waals surface area contributed by atoms with E-state index in [2.05, 4.69) is 15.2 Å². The first-order valence-corrected chi connectivity index (χ1v) is 9.14. The Morgan fingerprint density at radius 2 is 1.90 bits per heavy atom. The first kappa shape index (κ1) is 20.6. The van der Waals surface area contributed by atoms with Gasteiger partial charge in [-0.1, -0.05) is 0 Å². The van der Waals surface area contributed by atoms with Crippen LogP contribution < -0.4 is 0 Å². The van der Waals surface area contributed by atoms with Gasteiger partial charge < -0.3 is 4.90 Å². The van der Waals surface area contributed by atoms with Gasteiger partial charge in [-0.05, 0) is 42.3 Å². The number of carbonyl (C=O) groups excluding carboxylic acids is 2. The molecule has 158 valence electrons. The maximum absolute atomic E-state index is 13.7. The van der Waals surface area contributed by atoms with Crippen molar-refractivity contribution < 1.29 is 27.2 Å². The second-order valence-electron chi connectivity index (χ2n) is 7.05. The summed E-state index contributed by atoms with van der Waals surface area (Å²) in [5, 5.41) is 7.73. The average Bonchev–Trinajstić information content (AvgIpc) is 2.74. The van der Waals surface area contributed by atoms with Crippen molar-refractivity contribution in [2.75, 3.05) is 13.6 Å². The van der Waals surface area contributed by atoms with Crippen LogP contribution in [0.1, 0.15) is 37.4 Å². The summed E-state index contributed by atoms with van der Waals surface area (Å²) in [5.74, 6) is -2.20. The van der Waals surface area contributed by atoms with Gasteiger partial charge in [0.25, 0.3) is 5.91 Å². The van der Waals surface area contributed by atoms with Crippen molar-refractivity contribution in [1.82, 2.24) is 20.1 Å². The molecule has 0 N–H and O–H groups in total. The van der Waals surface area contributed by atoms with Gasteiger partial charge in [-0.15, -0.1) is 5.10 Å². The summed E-state index contributed by atoms with van der Waals surface area (Å²) < 4.78 is 52.6. The van der Waals surface area contributed by atoms with Gasteiger partial charge in [0.1, 0.15) is 11.5 Å². The third-order valence-electron chi connectivity index (χ3n) is 4.98. The lowest BCUT2D eigenvalue weighted by Crippen LogP contribution is -2.34. The van der Waals surface area contributed by atoms with Crippen molar-refractivity contribution in [2.24, 2.45) is 0 Å². The van der Waals surface area contributed by atoms with Crippen molar-refractivity contribution in [2.45, 2.75) is 12.6 Å². The highest BCUT2D eigenvalue weighted by Gasteiger charge is 2.32. The standard InChI is InChI=1S/C21H14F4N4O2/c1-29-5-3-15-16(20(29)31)2-4-26-18(15)17-8-12(10-27-28-17)19(30)11-6-13(21(23,24)25)9-14(22)7-11/h2,4,6-10H,3,5H2,1H3. The Kier molecular flexibility index (Phi) is 5.00. The molecule has 10 heteroatoms. The third kappa shape index (κ3) is 3.88. The number of ketones is 1. The van der Waals surface area contributed by atoms with Gasteiger partial charge in [-0.2, -0.15) is 18.3 Å². The number of fused-ring (bicyclic) bond motifs is 1. The number of hydrogen-bond acceptors (Lipinski definition) is 5. The molecule has 1 amide bonds. The molecule has 0 atom stereocenters. The fourth-order valence-corrected chi connectivity index (χ4v) is 3.41. The zero-order chi connectivity index (χ0) is 22.3. The van der Waals surface area contributed by atoms with Crippen molar-refractivity contribution in [3.8, 4) is 11.4 Å². The Morgan fingerprint density at radius 3 is 2.65 bits per heavy atom. The van der Waals surface area contributed by atoms with Gasteiger partial charge in [0.2, 0.25) is 0 Å². The zero-order valence-electron chi connectivity index (χ0n) is 16.1. The monoisotopic (exact) mass is 430 g/mol. The molecule has 0 saturated heterocycles. The van der Waals surface area contributed by atoms with Crippen LogP contribution in [0.15, 0.2) is 42.7 Å². The van der Waals surface area contributed by atoms with Gasteiger partial charge in [0.05, 0.1) is 17.5 Å². The molecule has 0 bridgehead atoms. The van der Waals surface area contributed by atoms with E-state index in [1.165, 1.54) is 12.3 Å². The van der Waals surface area contributed by atoms with E-state index in [0.29, 0.717) is 41.9 Å². The summed E-state index contributed by atoms with van der Waals surface area (Å²) in [5.41, 5.74) is -0.163. The minimum Gasteiger partial charge on any atom is -0.341 e. The fourth-order valence-electron chi connectivity index (χ4n) is 3.41. The number of likely N-dealkylation sites (N-methyl/N-ethyl adjacent to an activating group) is 1. The number of pyridine rings is 1. The lowest BCUT2D eigenvalue weighted by molar-refractivity contribution is -0.137. The molecule has 4 rings (SSSR count). The van der Waals surface area contributed by atoms with Crippen LogP contribution in [0.4, 0.5) is 17.6 Å². The van der Waals surface area contributed by atoms with Crippen LogP contribution in [-0.2, 0) is 12.6 Å². The van der Waals surface area contributed by atoms with E-state index in [9.17, 15) is 27.2 Å². The lowest BCUT2D eigenvalue weighted by Gasteiger charge is -2.25. The van der Waals surface area contributed by atoms with E-state index in [1.807, 2.05) is 0 Å². The molecule has 3 heterocycles. The molecule has 6 nitrogen and oxygen atoms in total. The summed E-state index contributed by atoms with van der Waals surface area (Å²) >= 11 is 0. The molecular formula is C21H14F4N4O2. The summed E-state index contributed by atoms with van der Waals surface area (Å²) in [4.78, 5) is 31.0. The van der Waals surface area contributed by atoms with E-state index in [-0.39, 0.29) is 17.2 Å². The number of aromatic nitrogens is 3. The predicted octanol–water partition coefficient (Wildman–Crippen LogP) is 3.56. The van der Waals surface area contributed by atoms with Crippen LogP contribution in [0.2, 0.25) is 0 Å². The highest BCUT2D eigenvalue weighted by Crippen LogP contribution is 2.31. The van der Waals surface area contributed by atoms with Crippen molar-refractivity contribution in [1.29, 1.82) is 0 Å². The van der Waals surface area contributed by atoms with Crippen LogP contribution in [0.5, 0.6) is 0 Å². The highest BCUT2D eigenvalue weighted by atomic mass is 19.4. The highest BCUT2D eigenvalue weighted by molar-refractivity contribution is 6.09. The van der Waals surface area contributed by atoms with Gasteiger partial charge in [-0.3, -0.25) is 14.6 Å². The van der Waals surface area contributed by atoms with E-state index in [0.717, 1.165) is 12.3 Å². The molecule has 1 aliphatic rings. The van der Waals surface area contributed by atoms with Gasteiger partial charge in [-0.25, -0.2) is 4.39 Å². The summed E-state index contributed by atoms with van der Waals surface area (Å²) in [7, 11) is 1.68. The number of nitrogens with zero attached hydrogens (tertiary/aromatic N) is 4. The molecule has 31 heavy (non-hydrogen) atoms. The van der Waals surface area contributed by atoms with Gasteiger partial charge in [0, 0.05) is 36.5 Å². The van der Waals surface area contributed by atoms with E-state index >= 15 is 0 Å². The van der Waals surface area contributed by atoms with Crippen molar-refractivity contribution >= 4 is 11.7 Å². The number of halogens is 4. The Balaban J connectivity index is 1.75. The smallest absolute Gasteiger partial charge is 0.341 e. The first-order chi connectivity index (χ1) is 14.6. The quantitative estimate of drug-likeness (QED) is 0.469. The average molecular weight is 430 g/mol. The topological polar surface area (TPSA) is 76.1 Å². The minimum absolute atomic E-state index is 0.0811. The van der Waals surface area contributed by atoms with Gasteiger partial charge in [0.15, 0.2) is 5.78 Å². The SMILES string of the molecule is CN1CCc2c(ccnc2-c2cc(C(=O)c3cc(F)cc(C(F)(F)F)c3)cnn2)C1=O. The molecule has 0 saturated carbocycles. The number of amides is 1. The zero-order valence-corrected chi connectivity index (χ0v) is 16.1. The second-order valence-corrected chi connectivity index (χ2v) is 7.05. The summed E-state index contributed by atoms with van der Waals surface area (Å²) in [6.07, 6.45) is -1.77. The van der Waals surface area contributed by atoms with Gasteiger partial charge >= 0.3 is 6.18 Å². The van der Waals surface area contributed by atoms with Crippen LogP contribution in [0, 0.1) is 5.82 Å². The van der Waals surface area contributed by atoms with E-state index in [4.69, 9.17) is 0 Å². The first-order valence-electron chi connectivity index (χ1n) is 9.14. The maximum atomic E-state index is 13.7. The number of hydrogen-bond donors (Lipinski definition) is 0. The number of benzene rings is 1. The Morgan fingerprint density at radius 1 is 1.13 bits per heavy atom. The van der Waals surface area contributed by atoms with Crippen LogP contribution in [0.25, 0.3) is 11.4 Å². The normalized spacial score (nSPS) is 13.8. The number of alkyl halides is 3. The molecule has 0 radical (unpaired) electrons. The molecule has 0 spiro atoms. The van der Waals surface area contributed by atoms with E-state index < -0.39 is 28.9 Å². The summed E-state index contributed by atoms with van der Waals surface area (Å²) in [6, 6.07) is 4.54. The lowest BCUT2D eigenvalue weighted by atomic mass is 9.96. The second kappa shape index (κ2) is 7.53. The third-order valence-corrected chi connectivity index (χ3v) is 4.98. The van der Waals surface area contributed by atoms with Crippen molar-refractivity contribution in [3.63, 3.8) is 0 Å². The summed E-state index contributed by atoms with van der Waals surface area (Å²) in [6.45, 7) is 0.472. The van der Waals surface area contributed by atoms with Crippen LogP contribution in [0.3, 0.4) is 0 Å². The van der Waals surface area contributed by atoms with Crippen LogP contribution in [-0.4, -0.2) is 45.4 Å². The van der Waals surface area contributed by atoms with Crippen molar-refractivity contribution in [3.05, 3.63) is 76.4 Å². The Bertz CT molecular complexity index is 1210. The molecule has 0 fully saturated rings. The fraction of sp³-hybridized carbons (Fsp3) is 0.190. The van der Waals surface area contributed by atoms with E-state index in [1.54, 1.807) is 18.0 Å².